The predicted molar refractivity (Wildman–Crippen MR) is 22.7 cm³/mol. The molecule has 0 heterocycles. The molecule has 0 aliphatic rings. The molecule has 0 saturated carbocycles. The average Bonchev–Trinajstić information content (AvgIpc) is 2.05. The second kappa shape index (κ2) is 49.9. The van der Waals surface area contributed by atoms with E-state index in [-0.39, 0.29) is 173 Å². The number of carbonyl (C=O) groups is 1. The van der Waals surface area contributed by atoms with Crippen molar-refractivity contribution in [3.05, 3.63) is 5.41 Å². The van der Waals surface area contributed by atoms with E-state index in [1.807, 2.05) is 0 Å². The summed E-state index contributed by atoms with van der Waals surface area (Å²) in [6, 6.07) is 0. The Hall–Kier alpha value is 7.23. The molecule has 108 valence electrons. The minimum atomic E-state index is -0.752. The van der Waals surface area contributed by atoms with Gasteiger partial charge in [0.05, 0.1) is 0 Å². The zero-order valence-corrected chi connectivity index (χ0v) is 43.3. The van der Waals surface area contributed by atoms with Gasteiger partial charge in [-0.05, 0) is 0 Å². The van der Waals surface area contributed by atoms with Gasteiger partial charge < -0.3 is 0 Å². The first kappa shape index (κ1) is 63.4. The van der Waals surface area contributed by atoms with Gasteiger partial charge in [0.1, 0.15) is 0 Å². The Balaban J connectivity index is -0.00000000966. The van der Waals surface area contributed by atoms with E-state index in [1.165, 1.54) is 0 Å². The van der Waals surface area contributed by atoms with Gasteiger partial charge in [-0.15, -0.1) is 0 Å². The van der Waals surface area contributed by atoms with E-state index in [0.29, 0.717) is 39.0 Å². The van der Waals surface area contributed by atoms with E-state index in [4.69, 9.17) is 10.5 Å². The van der Waals surface area contributed by atoms with Crippen LogP contribution in [0, 0.1) is 0 Å². The third-order valence-corrected chi connectivity index (χ3v) is 1.78. The fourth-order valence-electron chi connectivity index (χ4n) is 0.135. The fourth-order valence-corrected chi connectivity index (χ4v) is 0.759. The van der Waals surface area contributed by atoms with Crippen LogP contribution in [0.5, 0.6) is 0 Å². The summed E-state index contributed by atoms with van der Waals surface area (Å²) in [5, 5.41) is 17.1. The van der Waals surface area contributed by atoms with E-state index in [1.54, 1.807) is 32.4 Å². The summed E-state index contributed by atoms with van der Waals surface area (Å²) >= 11 is 4.69. The van der Waals surface area contributed by atoms with Crippen molar-refractivity contribution in [1.82, 2.24) is 0 Å². The number of carbonyl (C=O) groups excluding carboxylic acids is 1. The van der Waals surface area contributed by atoms with Gasteiger partial charge in [-0.3, -0.25) is 0 Å². The Morgan fingerprint density at radius 1 is 0.895 bits per heavy atom. The molecular weight excluding hydrogens is 2300 g/mol. The molecule has 0 aliphatic heterocycles. The number of hydrogen-bond donors (Lipinski definition) is 1. The predicted octanol–water partition coefficient (Wildman–Crippen LogP) is -0.722. The van der Waals surface area contributed by atoms with Gasteiger partial charge in [0.15, 0.2) is 0 Å². The molecule has 0 fully saturated rings. The minimum absolute atomic E-state index is 0. The van der Waals surface area contributed by atoms with E-state index < -0.39 is 11.6 Å². The van der Waals surface area contributed by atoms with E-state index in [2.05, 4.69) is 3.50 Å². The molecule has 0 rings (SSSR count). The zero-order valence-electron chi connectivity index (χ0n) is 8.15. The molecule has 0 spiro atoms. The molecule has 1 N–H and O–H groups in total. The standard InChI is InChI=1S/C3HN2O2.12W/c4-2(1-6)3(5)7;;;;;;;;;;;;/h6H;;;;;;;;;;;;/q-1;;;;;;;;;;;;. The van der Waals surface area contributed by atoms with Gasteiger partial charge in [-0.2, -0.15) is 0 Å². The van der Waals surface area contributed by atoms with Crippen molar-refractivity contribution in [2.75, 3.05) is 0 Å². The maximum absolute atomic E-state index is 10.4. The van der Waals surface area contributed by atoms with Crippen LogP contribution in [0.4, 0.5) is 0 Å². The van der Waals surface area contributed by atoms with Gasteiger partial charge in [-0.25, -0.2) is 0 Å². The van der Waals surface area contributed by atoms with Crippen LogP contribution in [0.25, 0.3) is 5.41 Å². The summed E-state index contributed by atoms with van der Waals surface area (Å²) in [7, 11) is 0. The Kier molecular flexibility index (Phi) is 166. The Bertz CT molecular complexity index is 211. The summed E-state index contributed by atoms with van der Waals surface area (Å²) in [6.45, 7) is 0. The van der Waals surface area contributed by atoms with Crippen molar-refractivity contribution < 1.29 is 250 Å². The first-order chi connectivity index (χ1) is 5.09. The molecular formula is C3HN2O2W12-. The molecule has 0 saturated heterocycles. The SMILES string of the molecule is [N-]=C(C(=O)[N]=[W])[C](O)=[W].[W].[W].[W].[W].[W].[W].[W].[W].[W]=[W]. The van der Waals surface area contributed by atoms with Crippen molar-refractivity contribution >= 4 is 15.7 Å². The number of aliphatic hydroxyl groups excluding tert-OH is 1. The third-order valence-electron chi connectivity index (χ3n) is 0.488. The number of aliphatic hydroxyl groups is 1. The molecule has 0 atom stereocenters. The molecule has 0 aromatic rings. The van der Waals surface area contributed by atoms with Crippen molar-refractivity contribution in [2.24, 2.45) is 3.50 Å². The Morgan fingerprint density at radius 2 is 1.11 bits per heavy atom. The second-order valence-corrected chi connectivity index (χ2v) is 3.10. The summed E-state index contributed by atoms with van der Waals surface area (Å²) in [4.78, 5) is 10.4. The summed E-state index contributed by atoms with van der Waals surface area (Å²) in [6.07, 6.45) is 0. The van der Waals surface area contributed by atoms with Crippen molar-refractivity contribution in [3.63, 3.8) is 0 Å². The molecule has 0 aromatic heterocycles. The van der Waals surface area contributed by atoms with Crippen LogP contribution in [0.15, 0.2) is 3.50 Å². The molecule has 0 unspecified atom stereocenters. The van der Waals surface area contributed by atoms with Gasteiger partial charge in [0, 0.05) is 169 Å². The molecule has 0 aliphatic carbocycles. The van der Waals surface area contributed by atoms with E-state index in [9.17, 15) is 4.79 Å². The quantitative estimate of drug-likeness (QED) is 0.372. The molecule has 0 bridgehead atoms. The molecule has 0 aromatic carbocycles. The van der Waals surface area contributed by atoms with Gasteiger partial charge in [-0.1, -0.05) is 0 Å². The molecule has 0 radical (unpaired) electrons. The first-order valence-electron chi connectivity index (χ1n) is 1.93. The van der Waals surface area contributed by atoms with Crippen molar-refractivity contribution in [3.8, 4) is 0 Å². The average molecular weight is 2300 g/mol. The van der Waals surface area contributed by atoms with Crippen molar-refractivity contribution in [1.29, 1.82) is 0 Å². The number of amides is 1. The van der Waals surface area contributed by atoms with Crippen molar-refractivity contribution in [2.45, 2.75) is 0 Å². The van der Waals surface area contributed by atoms with E-state index in [0.717, 1.165) is 0 Å². The summed E-state index contributed by atoms with van der Waals surface area (Å²) in [5.74, 6) is -0.752. The topological polar surface area (TPSA) is 72.0 Å². The normalized spacial score (nSPS) is 4.05. The number of hydrogen-bond acceptors (Lipinski definition) is 2. The zero-order chi connectivity index (χ0) is 9.44. The molecule has 19 heavy (non-hydrogen) atoms. The fraction of sp³-hybridized carbons (Fsp3) is 0. The number of rotatable bonds is 2. The Labute approximate surface area is 268 Å². The molecule has 1 amide bonds. The van der Waals surface area contributed by atoms with Gasteiger partial charge in [0.2, 0.25) is 0 Å². The summed E-state index contributed by atoms with van der Waals surface area (Å²) in [5.41, 5.74) is -0.639. The monoisotopic (exact) mass is 2300 g/mol. The summed E-state index contributed by atoms with van der Waals surface area (Å²) < 4.78 is 2.88. The van der Waals surface area contributed by atoms with Crippen LogP contribution in [0.2, 0.25) is 0 Å². The second-order valence-electron chi connectivity index (χ2n) is 1.05. The number of nitrogens with zero attached hydrogens (tertiary/aromatic N) is 2. The first-order valence-corrected chi connectivity index (χ1v) is 15.7. The molecule has 16 heteroatoms. The van der Waals surface area contributed by atoms with Crippen LogP contribution in [0.3, 0.4) is 0 Å². The van der Waals surface area contributed by atoms with Gasteiger partial charge in [0.25, 0.3) is 0 Å². The van der Waals surface area contributed by atoms with Gasteiger partial charge >= 0.3 is 106 Å². The maximum atomic E-state index is 10.4. The van der Waals surface area contributed by atoms with Crippen LogP contribution in [-0.4, -0.2) is 20.8 Å². The van der Waals surface area contributed by atoms with Crippen LogP contribution in [-0.2, 0) is 245 Å². The van der Waals surface area contributed by atoms with E-state index >= 15 is 0 Å². The Morgan fingerprint density at radius 3 is 1.16 bits per heavy atom. The van der Waals surface area contributed by atoms with Crippen LogP contribution in [0.1, 0.15) is 0 Å². The van der Waals surface area contributed by atoms with Crippen LogP contribution >= 0.6 is 0 Å². The van der Waals surface area contributed by atoms with Crippen LogP contribution < -0.4 is 0 Å². The molecule has 4 nitrogen and oxygen atoms in total. The third kappa shape index (κ3) is 45.9.